The average Bonchev–Trinajstić information content (AvgIpc) is 3.73. The summed E-state index contributed by atoms with van der Waals surface area (Å²) >= 11 is 6.10. The number of aryl methyl sites for hydroxylation is 1. The van der Waals surface area contributed by atoms with Crippen molar-refractivity contribution in [1.82, 2.24) is 34.0 Å². The molecular formula is C36H41ClN8O7S. The molecule has 2 amide bonds. The molecule has 3 heterocycles. The van der Waals surface area contributed by atoms with E-state index in [1.807, 2.05) is 19.9 Å². The minimum absolute atomic E-state index is 0.00553. The highest BCUT2D eigenvalue weighted by molar-refractivity contribution is 7.89. The van der Waals surface area contributed by atoms with Gasteiger partial charge >= 0.3 is 12.1 Å². The van der Waals surface area contributed by atoms with Crippen LogP contribution in [0, 0.1) is 18.3 Å². The fourth-order valence-electron chi connectivity index (χ4n) is 5.88. The number of fused-ring (bicyclic) bond motifs is 1. The Morgan fingerprint density at radius 3 is 2.49 bits per heavy atom. The van der Waals surface area contributed by atoms with E-state index in [0.29, 0.717) is 17.7 Å². The van der Waals surface area contributed by atoms with Crippen molar-refractivity contribution in [3.63, 3.8) is 0 Å². The molecule has 0 aliphatic carbocycles. The van der Waals surface area contributed by atoms with Gasteiger partial charge < -0.3 is 14.4 Å². The largest absolute Gasteiger partial charge is 0.461 e. The van der Waals surface area contributed by atoms with Crippen molar-refractivity contribution < 1.29 is 32.3 Å². The van der Waals surface area contributed by atoms with Crippen LogP contribution in [0.2, 0.25) is 5.02 Å². The van der Waals surface area contributed by atoms with Gasteiger partial charge in [0.05, 0.1) is 53.1 Å². The first-order valence-electron chi connectivity index (χ1n) is 17.0. The van der Waals surface area contributed by atoms with Crippen molar-refractivity contribution in [2.24, 2.45) is 0 Å². The molecule has 53 heavy (non-hydrogen) atoms. The predicted octanol–water partition coefficient (Wildman–Crippen LogP) is 5.31. The van der Waals surface area contributed by atoms with Crippen LogP contribution in [0.4, 0.5) is 4.79 Å². The Bertz CT molecular complexity index is 2190. The monoisotopic (exact) mass is 764 g/mol. The molecule has 1 unspecified atom stereocenters. The van der Waals surface area contributed by atoms with E-state index in [1.54, 1.807) is 57.7 Å². The molecule has 0 bridgehead atoms. The van der Waals surface area contributed by atoms with Gasteiger partial charge in [-0.05, 0) is 78.8 Å². The van der Waals surface area contributed by atoms with Crippen LogP contribution in [-0.4, -0.2) is 85.2 Å². The van der Waals surface area contributed by atoms with Crippen molar-refractivity contribution in [2.75, 3.05) is 13.2 Å². The van der Waals surface area contributed by atoms with Gasteiger partial charge in [0.2, 0.25) is 0 Å². The SMILES string of the molecule is CCOC(=O)c1c2c(nn1CCN(C(=O)OC(C)(C)C)C(C)c1cn(S(=O)(=O)c3ccc(C)cc3)nn1)C[C@@H](C)N(C(=O)c1ccc(Cl)c(C#N)c1)C2. The number of esters is 1. The van der Waals surface area contributed by atoms with Gasteiger partial charge in [0, 0.05) is 30.1 Å². The topological polar surface area (TPSA) is 183 Å². The molecule has 280 valence electrons. The molecule has 5 rings (SSSR count). The molecule has 17 heteroatoms. The molecule has 0 spiro atoms. The Kier molecular flexibility index (Phi) is 11.3. The maximum absolute atomic E-state index is 13.7. The summed E-state index contributed by atoms with van der Waals surface area (Å²) in [6.07, 6.45) is 0.867. The number of amides is 2. The third-order valence-corrected chi connectivity index (χ3v) is 10.5. The number of hydrogen-bond acceptors (Lipinski definition) is 11. The number of halogens is 1. The van der Waals surface area contributed by atoms with Crippen LogP contribution in [0.5, 0.6) is 0 Å². The second-order valence-electron chi connectivity index (χ2n) is 13.7. The summed E-state index contributed by atoms with van der Waals surface area (Å²) in [6, 6.07) is 11.6. The molecule has 0 radical (unpaired) electrons. The van der Waals surface area contributed by atoms with Gasteiger partial charge in [-0.1, -0.05) is 34.5 Å². The van der Waals surface area contributed by atoms with Gasteiger partial charge in [-0.25, -0.2) is 9.59 Å². The maximum atomic E-state index is 13.7. The number of carbonyl (C=O) groups excluding carboxylic acids is 3. The quantitative estimate of drug-likeness (QED) is 0.191. The van der Waals surface area contributed by atoms with Gasteiger partial charge in [-0.15, -0.1) is 9.19 Å². The van der Waals surface area contributed by atoms with Crippen LogP contribution in [0.1, 0.15) is 96.5 Å². The Balaban J connectivity index is 1.46. The van der Waals surface area contributed by atoms with E-state index in [0.717, 1.165) is 9.65 Å². The van der Waals surface area contributed by atoms with Crippen LogP contribution in [0.15, 0.2) is 53.6 Å². The smallest absolute Gasteiger partial charge is 0.410 e. The highest BCUT2D eigenvalue weighted by atomic mass is 35.5. The van der Waals surface area contributed by atoms with E-state index >= 15 is 0 Å². The Morgan fingerprint density at radius 2 is 1.85 bits per heavy atom. The zero-order valence-corrected chi connectivity index (χ0v) is 32.1. The van der Waals surface area contributed by atoms with Crippen molar-refractivity contribution in [3.05, 3.63) is 93.0 Å². The number of carbonyl (C=O) groups is 3. The summed E-state index contributed by atoms with van der Waals surface area (Å²) in [5.74, 6) is -0.996. The highest BCUT2D eigenvalue weighted by Crippen LogP contribution is 2.30. The number of nitrogens with zero attached hydrogens (tertiary/aromatic N) is 8. The lowest BCUT2D eigenvalue weighted by molar-refractivity contribution is 0.0159. The van der Waals surface area contributed by atoms with Crippen molar-refractivity contribution >= 4 is 39.6 Å². The molecule has 0 fully saturated rings. The van der Waals surface area contributed by atoms with Gasteiger partial charge in [-0.2, -0.15) is 18.8 Å². The van der Waals surface area contributed by atoms with Crippen LogP contribution >= 0.6 is 11.6 Å². The highest BCUT2D eigenvalue weighted by Gasteiger charge is 2.36. The first-order valence-corrected chi connectivity index (χ1v) is 18.8. The molecule has 2 aromatic carbocycles. The fraction of sp³-hybridized carbons (Fsp3) is 0.417. The molecule has 2 atom stereocenters. The van der Waals surface area contributed by atoms with Gasteiger partial charge in [0.1, 0.15) is 17.4 Å². The number of nitriles is 1. The molecule has 15 nitrogen and oxygen atoms in total. The fourth-order valence-corrected chi connectivity index (χ4v) is 7.12. The zero-order chi connectivity index (χ0) is 38.8. The summed E-state index contributed by atoms with van der Waals surface area (Å²) < 4.78 is 40.0. The third kappa shape index (κ3) is 8.36. The van der Waals surface area contributed by atoms with Crippen LogP contribution in [-0.2, 0) is 39.0 Å². The van der Waals surface area contributed by atoms with E-state index < -0.39 is 33.7 Å². The molecule has 0 saturated carbocycles. The Hall–Kier alpha value is -5.27. The zero-order valence-electron chi connectivity index (χ0n) is 30.5. The van der Waals surface area contributed by atoms with Crippen LogP contribution < -0.4 is 0 Å². The first-order chi connectivity index (χ1) is 24.9. The van der Waals surface area contributed by atoms with Gasteiger partial charge in [-0.3, -0.25) is 14.4 Å². The second kappa shape index (κ2) is 15.4. The number of hydrogen-bond donors (Lipinski definition) is 0. The van der Waals surface area contributed by atoms with E-state index in [1.165, 1.54) is 40.0 Å². The molecule has 0 N–H and O–H groups in total. The Morgan fingerprint density at radius 1 is 1.15 bits per heavy atom. The molecule has 1 aliphatic rings. The number of rotatable bonds is 10. The average molecular weight is 765 g/mol. The van der Waals surface area contributed by atoms with Crippen molar-refractivity contribution in [3.8, 4) is 6.07 Å². The summed E-state index contributed by atoms with van der Waals surface area (Å²) in [5.41, 5.74) is 1.88. The van der Waals surface area contributed by atoms with Crippen LogP contribution in [0.25, 0.3) is 0 Å². The van der Waals surface area contributed by atoms with Gasteiger partial charge in [0.25, 0.3) is 15.9 Å². The normalized spacial score (nSPS) is 14.9. The van der Waals surface area contributed by atoms with E-state index in [9.17, 15) is 28.1 Å². The van der Waals surface area contributed by atoms with Crippen LogP contribution in [0.3, 0.4) is 0 Å². The lowest BCUT2D eigenvalue weighted by Crippen LogP contribution is -2.43. The number of benzene rings is 2. The van der Waals surface area contributed by atoms with Gasteiger partial charge in [0.15, 0.2) is 5.69 Å². The molecule has 2 aromatic heterocycles. The molecule has 0 saturated heterocycles. The summed E-state index contributed by atoms with van der Waals surface area (Å²) in [7, 11) is -4.06. The lowest BCUT2D eigenvalue weighted by Gasteiger charge is -2.33. The predicted molar refractivity (Wildman–Crippen MR) is 193 cm³/mol. The minimum atomic E-state index is -4.06. The molecule has 1 aliphatic heterocycles. The number of ether oxygens (including phenoxy) is 2. The summed E-state index contributed by atoms with van der Waals surface area (Å²) in [4.78, 5) is 43.8. The molecular weight excluding hydrogens is 724 g/mol. The first kappa shape index (κ1) is 38.9. The molecule has 4 aromatic rings. The summed E-state index contributed by atoms with van der Waals surface area (Å²) in [6.45, 7) is 12.3. The second-order valence-corrected chi connectivity index (χ2v) is 15.9. The third-order valence-electron chi connectivity index (χ3n) is 8.68. The summed E-state index contributed by atoms with van der Waals surface area (Å²) in [5, 5.41) is 22.4. The maximum Gasteiger partial charge on any atom is 0.410 e. The van der Waals surface area contributed by atoms with E-state index in [-0.39, 0.29) is 70.6 Å². The minimum Gasteiger partial charge on any atom is -0.461 e. The van der Waals surface area contributed by atoms with Crippen molar-refractivity contribution in [2.45, 2.75) is 90.6 Å². The van der Waals surface area contributed by atoms with E-state index in [4.69, 9.17) is 26.2 Å². The van der Waals surface area contributed by atoms with E-state index in [2.05, 4.69) is 10.3 Å². The Labute approximate surface area is 313 Å². The number of aromatic nitrogens is 5. The van der Waals surface area contributed by atoms with Crippen molar-refractivity contribution in [1.29, 1.82) is 5.26 Å². The standard InChI is InChI=1S/C36H41ClN8O7S/c1-8-51-34(47)32-28-20-43(33(46)25-11-14-29(37)26(18-25)19-38)23(3)17-30(28)40-44(32)16-15-42(35(48)52-36(5,6)7)24(4)31-21-45(41-39-31)53(49,50)27-12-9-22(2)10-13-27/h9-14,18,21,23-24H,8,15-17,20H2,1-7H3/t23-,24?/m1/s1. The lowest BCUT2D eigenvalue weighted by atomic mass is 9.98.